The fraction of sp³-hybridized carbons (Fsp3) is 0.483. The molecule has 2 amide bonds. The number of thiophene rings is 1. The number of fused-ring (bicyclic) bond motifs is 4. The van der Waals surface area contributed by atoms with Gasteiger partial charge in [-0.25, -0.2) is 0 Å². The molecule has 4 fully saturated rings. The number of hydrogen-bond acceptors (Lipinski definition) is 6. The van der Waals surface area contributed by atoms with Crippen LogP contribution in [0.4, 0.5) is 0 Å². The number of halogens is 1. The highest BCUT2D eigenvalue weighted by molar-refractivity contribution is 7.19. The Balaban J connectivity index is 1.23. The van der Waals surface area contributed by atoms with E-state index < -0.39 is 0 Å². The molecule has 4 aliphatic rings. The minimum Gasteiger partial charge on any atom is -0.488 e. The lowest BCUT2D eigenvalue weighted by Crippen LogP contribution is -2.41. The Morgan fingerprint density at radius 3 is 2.59 bits per heavy atom. The van der Waals surface area contributed by atoms with Crippen molar-refractivity contribution in [3.8, 4) is 16.9 Å². The topological polar surface area (TPSA) is 62.7 Å². The zero-order chi connectivity index (χ0) is 25.8. The van der Waals surface area contributed by atoms with Gasteiger partial charge in [-0.2, -0.15) is 0 Å². The number of aromatic nitrogens is 1. The third kappa shape index (κ3) is 3.50. The Hall–Kier alpha value is -2.48. The van der Waals surface area contributed by atoms with Gasteiger partial charge in [0.2, 0.25) is 11.8 Å². The van der Waals surface area contributed by atoms with Gasteiger partial charge >= 0.3 is 0 Å². The Morgan fingerprint density at radius 2 is 1.89 bits per heavy atom. The van der Waals surface area contributed by atoms with Gasteiger partial charge in [0.25, 0.3) is 0 Å². The molecule has 192 valence electrons. The number of benzene rings is 1. The Labute approximate surface area is 225 Å². The summed E-state index contributed by atoms with van der Waals surface area (Å²) in [7, 11) is 2.19. The van der Waals surface area contributed by atoms with Crippen molar-refractivity contribution in [3.63, 3.8) is 0 Å². The van der Waals surface area contributed by atoms with E-state index in [9.17, 15) is 9.59 Å². The Morgan fingerprint density at radius 1 is 1.14 bits per heavy atom. The number of hydrogen-bond donors (Lipinski definition) is 0. The summed E-state index contributed by atoms with van der Waals surface area (Å²) in [5, 5.41) is 0.668. The van der Waals surface area contributed by atoms with Crippen molar-refractivity contribution in [2.75, 3.05) is 13.6 Å². The molecule has 2 saturated heterocycles. The molecular weight excluding hydrogens is 506 g/mol. The van der Waals surface area contributed by atoms with Gasteiger partial charge in [-0.3, -0.25) is 24.4 Å². The molecule has 0 N–H and O–H groups in total. The maximum atomic E-state index is 12.9. The number of nitrogens with zero attached hydrogens (tertiary/aromatic N) is 3. The molecule has 3 aromatic rings. The lowest BCUT2D eigenvalue weighted by molar-refractivity contribution is -0.143. The van der Waals surface area contributed by atoms with Gasteiger partial charge in [0.05, 0.1) is 28.6 Å². The van der Waals surface area contributed by atoms with E-state index in [1.165, 1.54) is 11.3 Å². The van der Waals surface area contributed by atoms with E-state index >= 15 is 0 Å². The SMILES string of the molecule is Cc1cc(Cl)cc(-c2ccnc3cc(CN4C(=O)C5C(C4=O)C5(C)C)sc23)c1O[C@@H]1C[C@@H]2C[C@H]1N(C)C2. The third-order valence-corrected chi connectivity index (χ3v) is 10.5. The number of likely N-dealkylation sites (N-methyl/N-ethyl adjacent to an activating group) is 1. The van der Waals surface area contributed by atoms with E-state index in [1.54, 1.807) is 11.3 Å². The molecule has 2 aliphatic heterocycles. The van der Waals surface area contributed by atoms with Gasteiger partial charge in [0, 0.05) is 39.8 Å². The smallest absolute Gasteiger partial charge is 0.234 e. The fourth-order valence-corrected chi connectivity index (χ4v) is 8.59. The van der Waals surface area contributed by atoms with E-state index in [4.69, 9.17) is 16.3 Å². The summed E-state index contributed by atoms with van der Waals surface area (Å²) >= 11 is 8.15. The summed E-state index contributed by atoms with van der Waals surface area (Å²) in [6.45, 7) is 7.52. The van der Waals surface area contributed by atoms with Crippen molar-refractivity contribution in [2.24, 2.45) is 23.2 Å². The fourth-order valence-electron chi connectivity index (χ4n) is 7.19. The quantitative estimate of drug-likeness (QED) is 0.401. The van der Waals surface area contributed by atoms with Crippen LogP contribution in [0.5, 0.6) is 5.75 Å². The summed E-state index contributed by atoms with van der Waals surface area (Å²) in [6, 6.07) is 8.41. The number of carbonyl (C=O) groups excluding carboxylic acids is 2. The van der Waals surface area contributed by atoms with E-state index in [1.807, 2.05) is 44.3 Å². The summed E-state index contributed by atoms with van der Waals surface area (Å²) in [6.07, 6.45) is 4.26. The number of carbonyl (C=O) groups is 2. The highest BCUT2D eigenvalue weighted by Crippen LogP contribution is 2.63. The monoisotopic (exact) mass is 535 g/mol. The summed E-state index contributed by atoms with van der Waals surface area (Å²) in [5.74, 6) is 1.18. The first-order valence-corrected chi connectivity index (χ1v) is 14.2. The van der Waals surface area contributed by atoms with Crippen LogP contribution in [-0.2, 0) is 16.1 Å². The van der Waals surface area contributed by atoms with E-state index in [0.29, 0.717) is 23.5 Å². The molecule has 7 rings (SSSR count). The predicted octanol–water partition coefficient (Wildman–Crippen LogP) is 5.54. The zero-order valence-electron chi connectivity index (χ0n) is 21.5. The number of aryl methyl sites for hydroxylation is 1. The van der Waals surface area contributed by atoms with Crippen LogP contribution in [-0.4, -0.2) is 52.3 Å². The van der Waals surface area contributed by atoms with Crippen LogP contribution in [0, 0.1) is 30.1 Å². The van der Waals surface area contributed by atoms with Crippen LogP contribution in [0.25, 0.3) is 21.3 Å². The molecule has 0 radical (unpaired) electrons. The maximum absolute atomic E-state index is 12.9. The number of piperidine rings is 2. The van der Waals surface area contributed by atoms with E-state index in [2.05, 4.69) is 23.9 Å². The van der Waals surface area contributed by atoms with Gasteiger partial charge in [0.15, 0.2) is 0 Å². The maximum Gasteiger partial charge on any atom is 0.234 e. The average molecular weight is 536 g/mol. The number of imide groups is 1. The first-order chi connectivity index (χ1) is 17.6. The number of amides is 2. The van der Waals surface area contributed by atoms with Gasteiger partial charge in [-0.1, -0.05) is 25.4 Å². The van der Waals surface area contributed by atoms with Gasteiger partial charge in [0.1, 0.15) is 11.9 Å². The summed E-state index contributed by atoms with van der Waals surface area (Å²) < 4.78 is 7.78. The Kier molecular flexibility index (Phi) is 5.11. The van der Waals surface area contributed by atoms with Crippen LogP contribution in [0.1, 0.15) is 37.1 Å². The lowest BCUT2D eigenvalue weighted by atomic mass is 10.0. The summed E-state index contributed by atoms with van der Waals surface area (Å²) in [4.78, 5) is 35.2. The van der Waals surface area contributed by atoms with Crippen molar-refractivity contribution in [2.45, 2.75) is 52.3 Å². The third-order valence-electron chi connectivity index (χ3n) is 9.15. The van der Waals surface area contributed by atoms with Crippen LogP contribution >= 0.6 is 22.9 Å². The number of rotatable bonds is 5. The molecule has 1 aromatic carbocycles. The number of likely N-dealkylation sites (tertiary alicyclic amines) is 2. The van der Waals surface area contributed by atoms with Crippen molar-refractivity contribution >= 4 is 45.0 Å². The molecule has 5 atom stereocenters. The Bertz CT molecular complexity index is 1460. The van der Waals surface area contributed by atoms with Crippen molar-refractivity contribution in [1.29, 1.82) is 0 Å². The molecule has 6 nitrogen and oxygen atoms in total. The largest absolute Gasteiger partial charge is 0.488 e. The van der Waals surface area contributed by atoms with Gasteiger partial charge < -0.3 is 4.74 Å². The molecular formula is C29H30ClN3O3S. The second-order valence-corrected chi connectivity index (χ2v) is 13.5. The minimum atomic E-state index is -0.200. The van der Waals surface area contributed by atoms with Crippen molar-refractivity contribution < 1.29 is 14.3 Å². The van der Waals surface area contributed by atoms with Crippen LogP contribution in [0.3, 0.4) is 0 Å². The molecule has 37 heavy (non-hydrogen) atoms. The van der Waals surface area contributed by atoms with Crippen molar-refractivity contribution in [3.05, 3.63) is 45.9 Å². The molecule has 2 saturated carbocycles. The normalized spacial score (nSPS) is 30.0. The number of ether oxygens (including phenoxy) is 1. The van der Waals surface area contributed by atoms with E-state index in [0.717, 1.165) is 50.5 Å². The molecule has 2 unspecified atom stereocenters. The van der Waals surface area contributed by atoms with E-state index in [-0.39, 0.29) is 35.2 Å². The first-order valence-electron chi connectivity index (χ1n) is 13.0. The molecule has 2 bridgehead atoms. The second-order valence-electron chi connectivity index (χ2n) is 11.9. The number of pyridine rings is 1. The van der Waals surface area contributed by atoms with Crippen LogP contribution in [0.2, 0.25) is 5.02 Å². The van der Waals surface area contributed by atoms with Gasteiger partial charge in [-0.15, -0.1) is 11.3 Å². The lowest BCUT2D eigenvalue weighted by Gasteiger charge is -2.31. The molecule has 4 heterocycles. The van der Waals surface area contributed by atoms with Crippen molar-refractivity contribution in [1.82, 2.24) is 14.8 Å². The van der Waals surface area contributed by atoms with Gasteiger partial charge in [-0.05, 0) is 68.0 Å². The first kappa shape index (κ1) is 23.6. The minimum absolute atomic E-state index is 0.0392. The highest BCUT2D eigenvalue weighted by atomic mass is 35.5. The predicted molar refractivity (Wildman–Crippen MR) is 145 cm³/mol. The van der Waals surface area contributed by atoms with Crippen LogP contribution < -0.4 is 4.74 Å². The second kappa shape index (κ2) is 8.01. The molecule has 2 aromatic heterocycles. The average Bonchev–Trinajstić information content (AvgIpc) is 3.33. The molecule has 0 spiro atoms. The zero-order valence-corrected chi connectivity index (χ0v) is 23.0. The molecule has 2 aliphatic carbocycles. The van der Waals surface area contributed by atoms with Crippen LogP contribution in [0.15, 0.2) is 30.5 Å². The highest BCUT2D eigenvalue weighted by Gasteiger charge is 2.72. The standard InChI is InChI=1S/C29H30ClN3O3S/c1-14-7-16(30)10-19(25(14)36-22-9-15-8-21(22)32(4)12-15)18-5-6-31-20-11-17(37-26(18)20)13-33-27(34)23-24(28(33)35)29(23,2)3/h5-7,10-11,15,21-24H,8-9,12-13H2,1-4H3/t15-,21+,22+,23?,24?/m0/s1. The molecule has 8 heteroatoms. The summed E-state index contributed by atoms with van der Waals surface area (Å²) in [5.41, 5.74) is 3.65.